The van der Waals surface area contributed by atoms with E-state index in [1.165, 1.54) is 30.9 Å². The molecule has 0 atom stereocenters. The summed E-state index contributed by atoms with van der Waals surface area (Å²) in [6, 6.07) is 9.48. The minimum atomic E-state index is -0.186. The first kappa shape index (κ1) is 15.8. The molecule has 2 heteroatoms. The van der Waals surface area contributed by atoms with E-state index in [4.69, 9.17) is 4.74 Å². The quantitative estimate of drug-likeness (QED) is 0.550. The molecule has 0 aromatic heterocycles. The summed E-state index contributed by atoms with van der Waals surface area (Å²) in [4.78, 5) is 0. The van der Waals surface area contributed by atoms with Crippen molar-refractivity contribution in [2.24, 2.45) is 0 Å². The Bertz CT molecular complexity index is 577. The van der Waals surface area contributed by atoms with Crippen LogP contribution in [0, 0.1) is 5.82 Å². The van der Waals surface area contributed by atoms with E-state index in [9.17, 15) is 4.39 Å². The number of rotatable bonds is 8. The Hall–Kier alpha value is -1.57. The van der Waals surface area contributed by atoms with Crippen molar-refractivity contribution in [1.29, 1.82) is 0 Å². The Morgan fingerprint density at radius 2 is 1.81 bits per heavy atom. The first-order valence-corrected chi connectivity index (χ1v) is 8.09. The van der Waals surface area contributed by atoms with Gasteiger partial charge in [-0.15, -0.1) is 0 Å². The van der Waals surface area contributed by atoms with Gasteiger partial charge < -0.3 is 4.74 Å². The monoisotopic (exact) mass is 288 g/mol. The third kappa shape index (κ3) is 4.45. The highest BCUT2D eigenvalue weighted by Gasteiger charge is 2.06. The van der Waals surface area contributed by atoms with Gasteiger partial charge in [-0.05, 0) is 35.9 Å². The highest BCUT2D eigenvalue weighted by molar-refractivity contribution is 5.85. The normalized spacial score (nSPS) is 11.0. The number of halogens is 1. The second-order valence-corrected chi connectivity index (χ2v) is 5.62. The summed E-state index contributed by atoms with van der Waals surface area (Å²) in [5.74, 6) is 0.453. The molecular weight excluding hydrogens is 263 g/mol. The van der Waals surface area contributed by atoms with Crippen LogP contribution in [0.2, 0.25) is 0 Å². The molecule has 0 aliphatic heterocycles. The molecule has 2 aromatic rings. The molecule has 0 heterocycles. The lowest BCUT2D eigenvalue weighted by molar-refractivity contribution is 0.304. The molecule has 0 spiro atoms. The van der Waals surface area contributed by atoms with Crippen LogP contribution in [0.5, 0.6) is 5.75 Å². The van der Waals surface area contributed by atoms with Crippen molar-refractivity contribution in [2.75, 3.05) is 6.61 Å². The van der Waals surface area contributed by atoms with Crippen LogP contribution in [0.1, 0.15) is 51.5 Å². The van der Waals surface area contributed by atoms with Crippen molar-refractivity contribution >= 4 is 10.8 Å². The Labute approximate surface area is 127 Å². The maximum absolute atomic E-state index is 14.2. The third-order valence-electron chi connectivity index (χ3n) is 3.75. The highest BCUT2D eigenvalue weighted by Crippen LogP contribution is 2.26. The van der Waals surface area contributed by atoms with Crippen LogP contribution in [0.4, 0.5) is 4.39 Å². The lowest BCUT2D eigenvalue weighted by atomic mass is 10.0. The molecule has 0 saturated heterocycles. The van der Waals surface area contributed by atoms with Crippen LogP contribution < -0.4 is 4.74 Å². The number of benzene rings is 2. The summed E-state index contributed by atoms with van der Waals surface area (Å²) < 4.78 is 19.9. The molecule has 2 rings (SSSR count). The second kappa shape index (κ2) is 8.02. The van der Waals surface area contributed by atoms with Crippen LogP contribution in [-0.4, -0.2) is 6.61 Å². The van der Waals surface area contributed by atoms with E-state index >= 15 is 0 Å². The molecule has 0 saturated carbocycles. The topological polar surface area (TPSA) is 9.23 Å². The van der Waals surface area contributed by atoms with Crippen LogP contribution in [-0.2, 0) is 6.42 Å². The Balaban J connectivity index is 2.07. The first-order valence-electron chi connectivity index (χ1n) is 8.09. The fourth-order valence-electron chi connectivity index (χ4n) is 2.58. The van der Waals surface area contributed by atoms with E-state index in [0.29, 0.717) is 17.7 Å². The molecule has 2 aromatic carbocycles. The highest BCUT2D eigenvalue weighted by atomic mass is 19.1. The van der Waals surface area contributed by atoms with Gasteiger partial charge in [-0.1, -0.05) is 51.7 Å². The molecule has 0 unspecified atom stereocenters. The zero-order valence-electron chi connectivity index (χ0n) is 13.1. The number of aryl methyl sites for hydroxylation is 1. The molecule has 21 heavy (non-hydrogen) atoms. The van der Waals surface area contributed by atoms with Crippen LogP contribution >= 0.6 is 0 Å². The van der Waals surface area contributed by atoms with Crippen molar-refractivity contribution in [3.63, 3.8) is 0 Å². The number of hydrogen-bond donors (Lipinski definition) is 0. The van der Waals surface area contributed by atoms with Gasteiger partial charge in [0.25, 0.3) is 0 Å². The maximum Gasteiger partial charge on any atom is 0.134 e. The smallest absolute Gasteiger partial charge is 0.134 e. The van der Waals surface area contributed by atoms with Crippen LogP contribution in [0.25, 0.3) is 10.8 Å². The van der Waals surface area contributed by atoms with Gasteiger partial charge in [0.1, 0.15) is 11.6 Å². The zero-order valence-corrected chi connectivity index (χ0v) is 13.1. The molecule has 0 bridgehead atoms. The molecule has 0 amide bonds. The van der Waals surface area contributed by atoms with Gasteiger partial charge in [0, 0.05) is 11.5 Å². The average molecular weight is 288 g/mol. The van der Waals surface area contributed by atoms with E-state index in [1.807, 2.05) is 18.2 Å². The van der Waals surface area contributed by atoms with Crippen molar-refractivity contribution in [3.05, 3.63) is 41.7 Å². The van der Waals surface area contributed by atoms with Gasteiger partial charge >= 0.3 is 0 Å². The Morgan fingerprint density at radius 1 is 0.952 bits per heavy atom. The Morgan fingerprint density at radius 3 is 2.57 bits per heavy atom. The number of ether oxygens (including phenoxy) is 1. The van der Waals surface area contributed by atoms with Crippen molar-refractivity contribution in [2.45, 2.75) is 52.4 Å². The molecule has 0 aliphatic rings. The second-order valence-electron chi connectivity index (χ2n) is 5.62. The van der Waals surface area contributed by atoms with Gasteiger partial charge in [-0.3, -0.25) is 0 Å². The standard InChI is InChI=1S/C19H25FO/c1-3-5-6-7-11-21-17-13-16-10-9-15(8-4-2)12-18(16)19(20)14-17/h9-10,12-14H,3-8,11H2,1-2H3. The van der Waals surface area contributed by atoms with Gasteiger partial charge in [0.2, 0.25) is 0 Å². The van der Waals surface area contributed by atoms with Crippen LogP contribution in [0.3, 0.4) is 0 Å². The Kier molecular flexibility index (Phi) is 6.04. The molecular formula is C19H25FO. The summed E-state index contributed by atoms with van der Waals surface area (Å²) in [7, 11) is 0. The van der Waals surface area contributed by atoms with Crippen molar-refractivity contribution in [1.82, 2.24) is 0 Å². The lowest BCUT2D eigenvalue weighted by Crippen LogP contribution is -1.98. The zero-order chi connectivity index (χ0) is 15.1. The van der Waals surface area contributed by atoms with Gasteiger partial charge in [0.15, 0.2) is 0 Å². The molecule has 0 fully saturated rings. The number of hydrogen-bond acceptors (Lipinski definition) is 1. The minimum absolute atomic E-state index is 0.186. The fourth-order valence-corrected chi connectivity index (χ4v) is 2.58. The third-order valence-corrected chi connectivity index (χ3v) is 3.75. The summed E-state index contributed by atoms with van der Waals surface area (Å²) in [6.07, 6.45) is 6.72. The SMILES string of the molecule is CCCCCCOc1cc(F)c2cc(CCC)ccc2c1. The summed E-state index contributed by atoms with van der Waals surface area (Å²) in [5, 5.41) is 1.61. The van der Waals surface area contributed by atoms with Crippen molar-refractivity contribution in [3.8, 4) is 5.75 Å². The van der Waals surface area contributed by atoms with Gasteiger partial charge in [-0.25, -0.2) is 4.39 Å². The molecule has 114 valence electrons. The van der Waals surface area contributed by atoms with Crippen LogP contribution in [0.15, 0.2) is 30.3 Å². The summed E-state index contributed by atoms with van der Waals surface area (Å²) in [5.41, 5.74) is 1.19. The molecule has 0 radical (unpaired) electrons. The van der Waals surface area contributed by atoms with Gasteiger partial charge in [-0.2, -0.15) is 0 Å². The summed E-state index contributed by atoms with van der Waals surface area (Å²) in [6.45, 7) is 4.99. The fraction of sp³-hybridized carbons (Fsp3) is 0.474. The van der Waals surface area contributed by atoms with E-state index in [2.05, 4.69) is 19.9 Å². The van der Waals surface area contributed by atoms with E-state index in [-0.39, 0.29) is 5.82 Å². The number of unbranched alkanes of at least 4 members (excludes halogenated alkanes) is 3. The minimum Gasteiger partial charge on any atom is -0.493 e. The number of fused-ring (bicyclic) bond motifs is 1. The van der Waals surface area contributed by atoms with Crippen molar-refractivity contribution < 1.29 is 9.13 Å². The first-order chi connectivity index (χ1) is 10.2. The van der Waals surface area contributed by atoms with E-state index in [0.717, 1.165) is 24.6 Å². The molecule has 0 N–H and O–H groups in total. The predicted octanol–water partition coefficient (Wildman–Crippen LogP) is 5.89. The molecule has 1 nitrogen and oxygen atoms in total. The largest absolute Gasteiger partial charge is 0.493 e. The lowest BCUT2D eigenvalue weighted by Gasteiger charge is -2.09. The average Bonchev–Trinajstić information content (AvgIpc) is 2.48. The van der Waals surface area contributed by atoms with Gasteiger partial charge in [0.05, 0.1) is 6.61 Å². The predicted molar refractivity (Wildman–Crippen MR) is 87.5 cm³/mol. The van der Waals surface area contributed by atoms with E-state index < -0.39 is 0 Å². The molecule has 0 aliphatic carbocycles. The van der Waals surface area contributed by atoms with E-state index in [1.54, 1.807) is 0 Å². The maximum atomic E-state index is 14.2. The summed E-state index contributed by atoms with van der Waals surface area (Å²) >= 11 is 0.